The third-order valence-corrected chi connectivity index (χ3v) is 1.92. The topological polar surface area (TPSA) is 75.4 Å². The lowest BCUT2D eigenvalue weighted by molar-refractivity contribution is -0.122. The van der Waals surface area contributed by atoms with Crippen LogP contribution < -0.4 is 11.1 Å². The molecule has 1 unspecified atom stereocenters. The number of hydrogen-bond acceptors (Lipinski definition) is 3. The molecule has 0 radical (unpaired) electrons. The Morgan fingerprint density at radius 3 is 2.43 bits per heavy atom. The molecule has 0 saturated heterocycles. The van der Waals surface area contributed by atoms with E-state index in [1.54, 1.807) is 6.92 Å². The Morgan fingerprint density at radius 2 is 2.00 bits per heavy atom. The summed E-state index contributed by atoms with van der Waals surface area (Å²) < 4.78 is 0. The largest absolute Gasteiger partial charge is 0.393 e. The van der Waals surface area contributed by atoms with Crippen molar-refractivity contribution in [2.24, 2.45) is 11.7 Å². The molecule has 0 fully saturated rings. The summed E-state index contributed by atoms with van der Waals surface area (Å²) in [4.78, 5) is 11.3. The predicted molar refractivity (Wildman–Crippen MR) is 56.7 cm³/mol. The maximum Gasteiger partial charge on any atom is 0.236 e. The van der Waals surface area contributed by atoms with E-state index < -0.39 is 6.04 Å². The van der Waals surface area contributed by atoms with Gasteiger partial charge in [0.05, 0.1) is 12.1 Å². The molecule has 0 aromatic rings. The fraction of sp³-hybridized carbons (Fsp3) is 0.900. The molecule has 84 valence electrons. The number of aliphatic hydroxyl groups is 1. The van der Waals surface area contributed by atoms with Gasteiger partial charge < -0.3 is 16.2 Å². The van der Waals surface area contributed by atoms with E-state index in [1.165, 1.54) is 0 Å². The Morgan fingerprint density at radius 1 is 1.43 bits per heavy atom. The number of carbonyl (C=O) groups is 1. The van der Waals surface area contributed by atoms with E-state index in [2.05, 4.69) is 5.32 Å². The highest BCUT2D eigenvalue weighted by atomic mass is 16.3. The molecule has 1 amide bonds. The molecule has 0 aliphatic rings. The highest BCUT2D eigenvalue weighted by Gasteiger charge is 2.14. The van der Waals surface area contributed by atoms with Crippen LogP contribution >= 0.6 is 0 Å². The third-order valence-electron chi connectivity index (χ3n) is 1.92. The molecule has 0 saturated carbocycles. The Kier molecular flexibility index (Phi) is 6.49. The Hall–Kier alpha value is -0.610. The van der Waals surface area contributed by atoms with Crippen molar-refractivity contribution < 1.29 is 9.90 Å². The van der Waals surface area contributed by atoms with Crippen LogP contribution in [0.5, 0.6) is 0 Å². The van der Waals surface area contributed by atoms with E-state index in [-0.39, 0.29) is 12.0 Å². The van der Waals surface area contributed by atoms with Gasteiger partial charge in [0, 0.05) is 6.54 Å². The minimum absolute atomic E-state index is 0.126. The summed E-state index contributed by atoms with van der Waals surface area (Å²) >= 11 is 0. The van der Waals surface area contributed by atoms with Crippen molar-refractivity contribution in [2.45, 2.75) is 45.8 Å². The first kappa shape index (κ1) is 13.4. The molecule has 0 bridgehead atoms. The van der Waals surface area contributed by atoms with Crippen molar-refractivity contribution in [3.05, 3.63) is 0 Å². The average molecular weight is 202 g/mol. The molecule has 0 aliphatic carbocycles. The molecule has 0 aliphatic heterocycles. The molecular weight excluding hydrogens is 180 g/mol. The maximum atomic E-state index is 11.3. The molecule has 14 heavy (non-hydrogen) atoms. The molecule has 2 atom stereocenters. The Labute approximate surface area is 85.9 Å². The number of nitrogens with two attached hydrogens (primary N) is 1. The van der Waals surface area contributed by atoms with Gasteiger partial charge in [-0.3, -0.25) is 4.79 Å². The van der Waals surface area contributed by atoms with Gasteiger partial charge in [0.2, 0.25) is 5.91 Å². The van der Waals surface area contributed by atoms with Gasteiger partial charge in [0.25, 0.3) is 0 Å². The zero-order valence-corrected chi connectivity index (χ0v) is 9.29. The highest BCUT2D eigenvalue weighted by Crippen LogP contribution is 2.02. The van der Waals surface area contributed by atoms with Crippen molar-refractivity contribution in [1.82, 2.24) is 5.32 Å². The lowest BCUT2D eigenvalue weighted by Crippen LogP contribution is -2.42. The molecule has 4 heteroatoms. The van der Waals surface area contributed by atoms with E-state index in [1.807, 2.05) is 13.8 Å². The van der Waals surface area contributed by atoms with Gasteiger partial charge in [-0.05, 0) is 25.7 Å². The molecular formula is C10H22N2O2. The number of rotatable bonds is 6. The summed E-state index contributed by atoms with van der Waals surface area (Å²) in [6.45, 7) is 6.24. The van der Waals surface area contributed by atoms with E-state index in [0.717, 1.165) is 0 Å². The minimum atomic E-state index is -0.427. The molecule has 0 rings (SSSR count). The first-order chi connectivity index (χ1) is 6.43. The quantitative estimate of drug-likeness (QED) is 0.578. The van der Waals surface area contributed by atoms with Gasteiger partial charge in [0.1, 0.15) is 0 Å². The Balaban J connectivity index is 3.62. The van der Waals surface area contributed by atoms with E-state index in [9.17, 15) is 4.79 Å². The van der Waals surface area contributed by atoms with E-state index in [0.29, 0.717) is 25.3 Å². The second kappa shape index (κ2) is 6.79. The fourth-order valence-corrected chi connectivity index (χ4v) is 1.15. The number of carbonyl (C=O) groups excluding carboxylic acids is 1. The lowest BCUT2D eigenvalue weighted by Gasteiger charge is -2.14. The maximum absolute atomic E-state index is 11.3. The summed E-state index contributed by atoms with van der Waals surface area (Å²) in [5.74, 6) is 0.298. The van der Waals surface area contributed by atoms with Crippen LogP contribution in [0.1, 0.15) is 33.6 Å². The zero-order valence-electron chi connectivity index (χ0n) is 9.29. The molecule has 0 heterocycles. The van der Waals surface area contributed by atoms with Crippen LogP contribution in [0.4, 0.5) is 0 Å². The minimum Gasteiger partial charge on any atom is -0.393 e. The lowest BCUT2D eigenvalue weighted by atomic mass is 10.0. The second-order valence-electron chi connectivity index (χ2n) is 4.16. The average Bonchev–Trinajstić information content (AvgIpc) is 2.01. The summed E-state index contributed by atoms with van der Waals surface area (Å²) in [6.07, 6.45) is 0.886. The van der Waals surface area contributed by atoms with Crippen LogP contribution in [0.15, 0.2) is 0 Å². The first-order valence-corrected chi connectivity index (χ1v) is 5.14. The van der Waals surface area contributed by atoms with Crippen molar-refractivity contribution in [2.75, 3.05) is 6.54 Å². The molecule has 0 aromatic heterocycles. The summed E-state index contributed by atoms with van der Waals surface area (Å²) in [5, 5.41) is 11.7. The summed E-state index contributed by atoms with van der Waals surface area (Å²) in [5.41, 5.74) is 5.66. The van der Waals surface area contributed by atoms with Crippen molar-refractivity contribution in [3.8, 4) is 0 Å². The number of nitrogens with one attached hydrogen (secondary N) is 1. The summed E-state index contributed by atoms with van der Waals surface area (Å²) in [7, 11) is 0. The molecule has 4 nitrogen and oxygen atoms in total. The zero-order chi connectivity index (χ0) is 11.1. The van der Waals surface area contributed by atoms with Crippen molar-refractivity contribution in [1.29, 1.82) is 0 Å². The number of hydrogen-bond donors (Lipinski definition) is 3. The first-order valence-electron chi connectivity index (χ1n) is 5.14. The van der Waals surface area contributed by atoms with Gasteiger partial charge in [-0.2, -0.15) is 0 Å². The smallest absolute Gasteiger partial charge is 0.236 e. The molecule has 0 spiro atoms. The van der Waals surface area contributed by atoms with Crippen LogP contribution in [-0.4, -0.2) is 29.7 Å². The fourth-order valence-electron chi connectivity index (χ4n) is 1.15. The van der Waals surface area contributed by atoms with Gasteiger partial charge in [-0.25, -0.2) is 0 Å². The van der Waals surface area contributed by atoms with Gasteiger partial charge in [0.15, 0.2) is 0 Å². The number of aliphatic hydroxyl groups excluding tert-OH is 1. The third kappa shape index (κ3) is 6.86. The summed E-state index contributed by atoms with van der Waals surface area (Å²) in [6, 6.07) is -0.427. The second-order valence-corrected chi connectivity index (χ2v) is 4.16. The van der Waals surface area contributed by atoms with Crippen LogP contribution in [-0.2, 0) is 4.79 Å². The van der Waals surface area contributed by atoms with E-state index in [4.69, 9.17) is 10.8 Å². The number of amides is 1. The van der Waals surface area contributed by atoms with Gasteiger partial charge in [-0.1, -0.05) is 13.8 Å². The van der Waals surface area contributed by atoms with Crippen LogP contribution in [0.25, 0.3) is 0 Å². The van der Waals surface area contributed by atoms with Gasteiger partial charge in [-0.15, -0.1) is 0 Å². The van der Waals surface area contributed by atoms with Crippen molar-refractivity contribution >= 4 is 5.91 Å². The van der Waals surface area contributed by atoms with Crippen LogP contribution in [0.3, 0.4) is 0 Å². The molecule has 0 aromatic carbocycles. The molecule has 4 N–H and O–H groups in total. The van der Waals surface area contributed by atoms with Crippen molar-refractivity contribution in [3.63, 3.8) is 0 Å². The SMILES string of the molecule is CC(C)C[C@@H](N)C(=O)NCCC(C)O. The Bertz CT molecular complexity index is 170. The monoisotopic (exact) mass is 202 g/mol. The predicted octanol–water partition coefficient (Wildman–Crippen LogP) is 0.247. The standard InChI is InChI=1S/C10H22N2O2/c1-7(2)6-9(11)10(14)12-5-4-8(3)13/h7-9,13H,4-6,11H2,1-3H3,(H,12,14)/t8?,9-/m1/s1. The van der Waals surface area contributed by atoms with Gasteiger partial charge >= 0.3 is 0 Å². The highest BCUT2D eigenvalue weighted by molar-refractivity contribution is 5.81. The normalized spacial score (nSPS) is 15.3. The van der Waals surface area contributed by atoms with Crippen LogP contribution in [0, 0.1) is 5.92 Å². The van der Waals surface area contributed by atoms with E-state index >= 15 is 0 Å². The van der Waals surface area contributed by atoms with Crippen LogP contribution in [0.2, 0.25) is 0 Å².